The number of hydrogen-bond donors (Lipinski definition) is 6. The van der Waals surface area contributed by atoms with Crippen LogP contribution < -0.4 is 0 Å². The van der Waals surface area contributed by atoms with Crippen molar-refractivity contribution in [2.24, 2.45) is 30.7 Å². The third kappa shape index (κ3) is 10.2. The van der Waals surface area contributed by atoms with E-state index in [0.717, 1.165) is 42.5 Å². The van der Waals surface area contributed by atoms with E-state index in [2.05, 4.69) is 30.7 Å². The van der Waals surface area contributed by atoms with Gasteiger partial charge in [-0.1, -0.05) is 0 Å². The molecule has 29 heteroatoms. The number of rotatable bonds is 11. The molecule has 0 heterocycles. The Morgan fingerprint density at radius 2 is 0.982 bits per heavy atom. The van der Waals surface area contributed by atoms with Gasteiger partial charge in [0.25, 0.3) is 31.6 Å². The van der Waals surface area contributed by atoms with Crippen molar-refractivity contribution < 1.29 is 61.1 Å². The zero-order chi connectivity index (χ0) is 40.6. The number of nitro groups is 3. The Hall–Kier alpha value is -5.62. The zero-order valence-corrected chi connectivity index (χ0v) is 34.1. The Morgan fingerprint density at radius 1 is 0.509 bits per heavy atom. The van der Waals surface area contributed by atoms with Crippen LogP contribution in [0, 0.1) is 30.3 Å². The van der Waals surface area contributed by atoms with E-state index in [-0.39, 0.29) is 70.5 Å². The van der Waals surface area contributed by atoms with Crippen LogP contribution in [0.25, 0.3) is 10.8 Å². The Morgan fingerprint density at radius 3 is 1.46 bits per heavy atom. The first-order valence-electron chi connectivity index (χ1n) is 14.2. The average Bonchev–Trinajstić information content (AvgIpc) is 3.10. The topological polar surface area (TPSA) is 393 Å². The molecule has 5 rings (SSSR count). The minimum atomic E-state index is -5.06. The van der Waals surface area contributed by atoms with Gasteiger partial charge in [-0.3, -0.25) is 39.4 Å². The summed E-state index contributed by atoms with van der Waals surface area (Å²) in [7, 11) is -10.0. The van der Waals surface area contributed by atoms with Crippen LogP contribution in [0.4, 0.5) is 51.2 Å². The van der Waals surface area contributed by atoms with Crippen molar-refractivity contribution in [2.75, 3.05) is 0 Å². The summed E-state index contributed by atoms with van der Waals surface area (Å²) in [5.74, 6) is -4.18. The minimum Gasteiger partial charge on any atom is -0.507 e. The molecule has 25 nitrogen and oxygen atoms in total. The monoisotopic (exact) mass is 845 g/mol. The van der Waals surface area contributed by atoms with Crippen molar-refractivity contribution in [3.63, 3.8) is 0 Å². The number of hydrogen-bond acceptors (Lipinski definition) is 20. The van der Waals surface area contributed by atoms with E-state index in [9.17, 15) is 76.7 Å². The van der Waals surface area contributed by atoms with Crippen molar-refractivity contribution in [3.8, 4) is 23.0 Å². The van der Waals surface area contributed by atoms with Crippen LogP contribution in [-0.4, -0.2) is 120 Å². The number of nitrogens with zero attached hydrogens (tertiary/aromatic N) is 9. The van der Waals surface area contributed by atoms with Crippen LogP contribution in [0.2, 0.25) is 0 Å². The second-order valence-electron chi connectivity index (χ2n) is 10.6. The second-order valence-corrected chi connectivity index (χ2v) is 13.5. The van der Waals surface area contributed by atoms with Crippen LogP contribution >= 0.6 is 0 Å². The number of fused-ring (bicyclic) bond motifs is 1. The summed E-state index contributed by atoms with van der Waals surface area (Å²) in [6.07, 6.45) is 0. The molecule has 0 spiro atoms. The summed E-state index contributed by atoms with van der Waals surface area (Å²) >= 11 is 0. The van der Waals surface area contributed by atoms with Crippen molar-refractivity contribution in [1.82, 2.24) is 0 Å². The Balaban J connectivity index is 0.00000435. The summed E-state index contributed by atoms with van der Waals surface area (Å²) in [6.45, 7) is 0. The third-order valence-corrected chi connectivity index (χ3v) is 8.74. The molecule has 0 bridgehead atoms. The fourth-order valence-corrected chi connectivity index (χ4v) is 5.61. The molecule has 0 saturated carbocycles. The maximum absolute atomic E-state index is 12.0. The predicted molar refractivity (Wildman–Crippen MR) is 194 cm³/mol. The Labute approximate surface area is 360 Å². The maximum Gasteiger partial charge on any atom is 0.319 e. The number of aromatic hydroxyl groups is 4. The van der Waals surface area contributed by atoms with E-state index in [1.54, 1.807) is 0 Å². The number of phenolic OH excluding ortho intramolecular Hbond substituents is 4. The molecule has 5 aromatic carbocycles. The van der Waals surface area contributed by atoms with E-state index in [1.165, 1.54) is 0 Å². The van der Waals surface area contributed by atoms with E-state index < -0.39 is 118 Å². The number of benzene rings is 5. The third-order valence-electron chi connectivity index (χ3n) is 7.08. The molecule has 0 aromatic heterocycles. The van der Waals surface area contributed by atoms with Crippen molar-refractivity contribution in [1.29, 1.82) is 0 Å². The van der Waals surface area contributed by atoms with Gasteiger partial charge in [-0.15, -0.1) is 25.6 Å². The number of phenols is 4. The van der Waals surface area contributed by atoms with Gasteiger partial charge < -0.3 is 20.4 Å². The van der Waals surface area contributed by atoms with Gasteiger partial charge in [0.1, 0.15) is 22.8 Å². The Kier molecular flexibility index (Phi) is 14.2. The van der Waals surface area contributed by atoms with E-state index in [4.69, 9.17) is 0 Å². The van der Waals surface area contributed by atoms with Gasteiger partial charge in [0.2, 0.25) is 5.75 Å². The molecular weight excluding hydrogens is 828 g/mol. The number of azo groups is 3. The van der Waals surface area contributed by atoms with Gasteiger partial charge in [0.15, 0.2) is 17.2 Å². The molecule has 2 radical (unpaired) electrons. The number of non-ortho nitro benzene ring substituents is 2. The summed E-state index contributed by atoms with van der Waals surface area (Å²) in [4.78, 5) is 29.0. The van der Waals surface area contributed by atoms with Gasteiger partial charge in [-0.25, -0.2) is 0 Å². The fraction of sp³-hybridized carbons (Fsp3) is 0. The van der Waals surface area contributed by atoms with E-state index in [0.29, 0.717) is 24.3 Å². The molecule has 0 fully saturated rings. The standard InChI is InChI=1S/C28H17N9O16S2.2Na/c38-23-10-17(55(51,52)53)6-12-5-16(54(48,49)50)9-18(24(12)23)30-32-20-11-21(33-31-19-7-15(36(44)45)8-22(26(19)39)37(46)47)28(41)25(27(20)40)34-29-13-1-3-14(4-2-13)35(42)43;;/h1-11,38-41H,(H,48,49,50)(H,51,52,53);;. The van der Waals surface area contributed by atoms with Crippen LogP contribution in [0.1, 0.15) is 0 Å². The van der Waals surface area contributed by atoms with Crippen molar-refractivity contribution in [3.05, 3.63) is 97.1 Å². The van der Waals surface area contributed by atoms with Crippen LogP contribution in [0.5, 0.6) is 23.0 Å². The van der Waals surface area contributed by atoms with Crippen LogP contribution in [0.15, 0.2) is 107 Å². The van der Waals surface area contributed by atoms with Gasteiger partial charge in [0, 0.05) is 89.4 Å². The SMILES string of the molecule is O=[N+]([O-])c1ccc(N=Nc2c(O)c(N=Nc3cc([N+](=O)[O-])cc([N+](=O)[O-])c3O)cc(N=Nc3cc(S(=O)(=O)O)cc4cc(S(=O)(=O)O)cc(O)c34)c2O)cc1.[Na].[Na]. The molecule has 0 aliphatic rings. The predicted octanol–water partition coefficient (Wildman–Crippen LogP) is 6.36. The molecule has 0 saturated heterocycles. The van der Waals surface area contributed by atoms with Gasteiger partial charge in [0.05, 0.1) is 47.4 Å². The first-order chi connectivity index (χ1) is 25.6. The zero-order valence-electron chi connectivity index (χ0n) is 28.5. The molecule has 57 heavy (non-hydrogen) atoms. The summed E-state index contributed by atoms with van der Waals surface area (Å²) in [5.41, 5.74) is -6.22. The van der Waals surface area contributed by atoms with Crippen LogP contribution in [-0.2, 0) is 20.2 Å². The fourth-order valence-electron chi connectivity index (χ4n) is 4.54. The molecule has 6 N–H and O–H groups in total. The summed E-state index contributed by atoms with van der Waals surface area (Å²) < 4.78 is 66.7. The van der Waals surface area contributed by atoms with Gasteiger partial charge >= 0.3 is 5.69 Å². The molecular formula is C28H17N9Na2O16S2. The average molecular weight is 846 g/mol. The normalized spacial score (nSPS) is 11.8. The van der Waals surface area contributed by atoms with Crippen molar-refractivity contribution >= 4 is 141 Å². The minimum absolute atomic E-state index is 0. The van der Waals surface area contributed by atoms with Gasteiger partial charge in [-0.2, -0.15) is 21.9 Å². The van der Waals surface area contributed by atoms with E-state index in [1.807, 2.05) is 0 Å². The summed E-state index contributed by atoms with van der Waals surface area (Å²) in [5, 5.41) is 98.1. The van der Waals surface area contributed by atoms with E-state index >= 15 is 0 Å². The molecule has 0 aliphatic carbocycles. The van der Waals surface area contributed by atoms with Gasteiger partial charge in [-0.05, 0) is 35.7 Å². The molecule has 0 amide bonds. The summed E-state index contributed by atoms with van der Waals surface area (Å²) in [6, 6.07) is 8.77. The maximum atomic E-state index is 12.0. The molecule has 0 unspecified atom stereocenters. The second kappa shape index (κ2) is 17.7. The number of nitro benzene ring substituents is 3. The molecule has 5 aromatic rings. The van der Waals surface area contributed by atoms with Crippen LogP contribution in [0.3, 0.4) is 0 Å². The molecule has 284 valence electrons. The smallest absolute Gasteiger partial charge is 0.319 e. The van der Waals surface area contributed by atoms with Crippen molar-refractivity contribution in [2.45, 2.75) is 9.79 Å². The molecule has 0 aliphatic heterocycles. The largest absolute Gasteiger partial charge is 0.507 e. The Bertz CT molecular complexity index is 2800. The first kappa shape index (κ1) is 45.8. The first-order valence-corrected chi connectivity index (χ1v) is 17.0. The quantitative estimate of drug-likeness (QED) is 0.0276. The molecule has 0 atom stereocenters.